The average molecular weight is 258 g/mol. The van der Waals surface area contributed by atoms with Crippen molar-refractivity contribution in [2.45, 2.75) is 41.0 Å². The van der Waals surface area contributed by atoms with Crippen LogP contribution in [0.15, 0.2) is 0 Å². The molecular formula is C13H26N2O3. The summed E-state index contributed by atoms with van der Waals surface area (Å²) in [6, 6.07) is -0.296. The molecule has 0 unspecified atom stereocenters. The number of carboxylic acid groups (broad SMARTS) is 1. The van der Waals surface area contributed by atoms with E-state index in [-0.39, 0.29) is 23.9 Å². The van der Waals surface area contributed by atoms with E-state index in [2.05, 4.69) is 26.1 Å². The molecule has 0 bridgehead atoms. The summed E-state index contributed by atoms with van der Waals surface area (Å²) in [5, 5.41) is 11.6. The molecule has 0 heterocycles. The van der Waals surface area contributed by atoms with Crippen molar-refractivity contribution >= 4 is 12.0 Å². The van der Waals surface area contributed by atoms with Crippen LogP contribution in [0.4, 0.5) is 4.79 Å². The Morgan fingerprint density at radius 3 is 2.22 bits per heavy atom. The van der Waals surface area contributed by atoms with Crippen LogP contribution in [0.25, 0.3) is 0 Å². The highest BCUT2D eigenvalue weighted by Crippen LogP contribution is 2.16. The van der Waals surface area contributed by atoms with Crippen molar-refractivity contribution in [1.29, 1.82) is 0 Å². The number of hydrogen-bond donors (Lipinski definition) is 2. The van der Waals surface area contributed by atoms with Crippen LogP contribution in [0.1, 0.15) is 41.0 Å². The molecule has 0 aliphatic rings. The molecule has 0 atom stereocenters. The first kappa shape index (κ1) is 16.7. The second-order valence-electron chi connectivity index (χ2n) is 6.21. The molecule has 0 aromatic carbocycles. The number of aliphatic carboxylic acids is 1. The van der Waals surface area contributed by atoms with Crippen LogP contribution in [0.3, 0.4) is 0 Å². The molecular weight excluding hydrogens is 232 g/mol. The van der Waals surface area contributed by atoms with Crippen LogP contribution >= 0.6 is 0 Å². The van der Waals surface area contributed by atoms with Gasteiger partial charge in [-0.15, -0.1) is 0 Å². The molecule has 0 spiro atoms. The molecule has 0 fully saturated rings. The summed E-state index contributed by atoms with van der Waals surface area (Å²) < 4.78 is 0. The highest BCUT2D eigenvalue weighted by molar-refractivity contribution is 5.80. The largest absolute Gasteiger partial charge is 0.480 e. The van der Waals surface area contributed by atoms with Crippen molar-refractivity contribution in [2.24, 2.45) is 11.3 Å². The van der Waals surface area contributed by atoms with E-state index in [1.807, 2.05) is 13.8 Å². The van der Waals surface area contributed by atoms with Gasteiger partial charge in [0, 0.05) is 13.1 Å². The molecule has 5 heteroatoms. The lowest BCUT2D eigenvalue weighted by Crippen LogP contribution is -2.45. The number of urea groups is 1. The SMILES string of the molecule is CC(C)CN(CC(=O)O)C(=O)NCCC(C)(C)C. The van der Waals surface area contributed by atoms with E-state index in [1.54, 1.807) is 0 Å². The minimum Gasteiger partial charge on any atom is -0.480 e. The fourth-order valence-corrected chi connectivity index (χ4v) is 1.48. The fourth-order valence-electron chi connectivity index (χ4n) is 1.48. The second kappa shape index (κ2) is 7.24. The van der Waals surface area contributed by atoms with Crippen molar-refractivity contribution in [1.82, 2.24) is 10.2 Å². The van der Waals surface area contributed by atoms with Crippen LogP contribution in [-0.2, 0) is 4.79 Å². The predicted molar refractivity (Wildman–Crippen MR) is 71.5 cm³/mol. The number of carbonyl (C=O) groups is 2. The molecule has 18 heavy (non-hydrogen) atoms. The molecule has 5 nitrogen and oxygen atoms in total. The lowest BCUT2D eigenvalue weighted by atomic mass is 9.92. The summed E-state index contributed by atoms with van der Waals surface area (Å²) in [4.78, 5) is 23.9. The molecule has 0 aromatic rings. The zero-order valence-electron chi connectivity index (χ0n) is 12.1. The molecule has 0 aliphatic heterocycles. The lowest BCUT2D eigenvalue weighted by molar-refractivity contribution is -0.137. The summed E-state index contributed by atoms with van der Waals surface area (Å²) in [5.41, 5.74) is 0.156. The van der Waals surface area contributed by atoms with Crippen LogP contribution in [0.2, 0.25) is 0 Å². The van der Waals surface area contributed by atoms with E-state index in [9.17, 15) is 9.59 Å². The summed E-state index contributed by atoms with van der Waals surface area (Å²) in [6.07, 6.45) is 0.862. The van der Waals surface area contributed by atoms with Gasteiger partial charge in [0.05, 0.1) is 0 Å². The molecule has 2 N–H and O–H groups in total. The minimum absolute atomic E-state index is 0.156. The van der Waals surface area contributed by atoms with Gasteiger partial charge in [-0.2, -0.15) is 0 Å². The Morgan fingerprint density at radius 1 is 1.28 bits per heavy atom. The fraction of sp³-hybridized carbons (Fsp3) is 0.846. The molecule has 0 aliphatic carbocycles. The van der Waals surface area contributed by atoms with Gasteiger partial charge >= 0.3 is 12.0 Å². The first-order valence-electron chi connectivity index (χ1n) is 6.36. The Balaban J connectivity index is 4.25. The van der Waals surface area contributed by atoms with Crippen molar-refractivity contribution < 1.29 is 14.7 Å². The Morgan fingerprint density at radius 2 is 1.83 bits per heavy atom. The molecule has 0 rings (SSSR count). The third kappa shape index (κ3) is 8.84. The van der Waals surface area contributed by atoms with Crippen molar-refractivity contribution in [2.75, 3.05) is 19.6 Å². The van der Waals surface area contributed by atoms with Crippen LogP contribution in [0.5, 0.6) is 0 Å². The van der Waals surface area contributed by atoms with E-state index in [4.69, 9.17) is 5.11 Å². The highest BCUT2D eigenvalue weighted by atomic mass is 16.4. The van der Waals surface area contributed by atoms with Gasteiger partial charge in [-0.25, -0.2) is 4.79 Å². The van der Waals surface area contributed by atoms with E-state index in [1.165, 1.54) is 4.90 Å². The Labute approximate surface area is 110 Å². The number of carbonyl (C=O) groups excluding carboxylic acids is 1. The summed E-state index contributed by atoms with van der Waals surface area (Å²) in [6.45, 7) is 11.0. The van der Waals surface area contributed by atoms with Crippen LogP contribution in [-0.4, -0.2) is 41.6 Å². The molecule has 2 amide bonds. The van der Waals surface area contributed by atoms with Crippen LogP contribution < -0.4 is 5.32 Å². The number of nitrogens with one attached hydrogen (secondary N) is 1. The highest BCUT2D eigenvalue weighted by Gasteiger charge is 2.18. The monoisotopic (exact) mass is 258 g/mol. The molecule has 0 radical (unpaired) electrons. The number of amides is 2. The van der Waals surface area contributed by atoms with Crippen molar-refractivity contribution in [3.63, 3.8) is 0 Å². The van der Waals surface area contributed by atoms with Gasteiger partial charge in [-0.05, 0) is 17.8 Å². The zero-order valence-corrected chi connectivity index (χ0v) is 12.1. The van der Waals surface area contributed by atoms with Gasteiger partial charge < -0.3 is 15.3 Å². The van der Waals surface area contributed by atoms with Gasteiger partial charge in [0.25, 0.3) is 0 Å². The summed E-state index contributed by atoms with van der Waals surface area (Å²) >= 11 is 0. The van der Waals surface area contributed by atoms with Crippen molar-refractivity contribution in [3.8, 4) is 0 Å². The summed E-state index contributed by atoms with van der Waals surface area (Å²) in [5.74, 6) is -0.737. The zero-order chi connectivity index (χ0) is 14.3. The molecule has 0 saturated carbocycles. The first-order chi connectivity index (χ1) is 8.11. The molecule has 0 saturated heterocycles. The number of rotatable bonds is 6. The maximum absolute atomic E-state index is 11.9. The maximum Gasteiger partial charge on any atom is 0.323 e. The lowest BCUT2D eigenvalue weighted by Gasteiger charge is -2.24. The van der Waals surface area contributed by atoms with Crippen LogP contribution in [0, 0.1) is 11.3 Å². The predicted octanol–water partition coefficient (Wildman–Crippen LogP) is 2.17. The Hall–Kier alpha value is -1.26. The van der Waals surface area contributed by atoms with Gasteiger partial charge in [0.1, 0.15) is 6.54 Å². The topological polar surface area (TPSA) is 69.6 Å². The van der Waals surface area contributed by atoms with Gasteiger partial charge in [0.15, 0.2) is 0 Å². The maximum atomic E-state index is 11.9. The molecule has 0 aromatic heterocycles. The number of carboxylic acids is 1. The van der Waals surface area contributed by atoms with Gasteiger partial charge in [-0.3, -0.25) is 4.79 Å². The number of hydrogen-bond acceptors (Lipinski definition) is 2. The minimum atomic E-state index is -0.985. The quantitative estimate of drug-likeness (QED) is 0.767. The van der Waals surface area contributed by atoms with E-state index in [0.717, 1.165) is 6.42 Å². The normalized spacial score (nSPS) is 11.4. The standard InChI is InChI=1S/C13H26N2O3/c1-10(2)8-15(9-11(16)17)12(18)14-7-6-13(3,4)5/h10H,6-9H2,1-5H3,(H,14,18)(H,16,17). The third-order valence-electron chi connectivity index (χ3n) is 2.35. The van der Waals surface area contributed by atoms with E-state index in [0.29, 0.717) is 13.1 Å². The van der Waals surface area contributed by atoms with E-state index >= 15 is 0 Å². The average Bonchev–Trinajstić information content (AvgIpc) is 2.12. The first-order valence-corrected chi connectivity index (χ1v) is 6.36. The summed E-state index contributed by atoms with van der Waals surface area (Å²) in [7, 11) is 0. The third-order valence-corrected chi connectivity index (χ3v) is 2.35. The Bertz CT molecular complexity index is 282. The van der Waals surface area contributed by atoms with Gasteiger partial charge in [0.2, 0.25) is 0 Å². The second-order valence-corrected chi connectivity index (χ2v) is 6.21. The van der Waals surface area contributed by atoms with E-state index < -0.39 is 5.97 Å². The number of nitrogens with zero attached hydrogens (tertiary/aromatic N) is 1. The van der Waals surface area contributed by atoms with Crippen molar-refractivity contribution in [3.05, 3.63) is 0 Å². The smallest absolute Gasteiger partial charge is 0.323 e. The Kier molecular flexibility index (Phi) is 6.73. The van der Waals surface area contributed by atoms with Gasteiger partial charge in [-0.1, -0.05) is 34.6 Å². The molecule has 106 valence electrons.